The Morgan fingerprint density at radius 2 is 1.39 bits per heavy atom. The predicted molar refractivity (Wildman–Crippen MR) is 109 cm³/mol. The van der Waals surface area contributed by atoms with Gasteiger partial charge in [0.15, 0.2) is 6.10 Å². The van der Waals surface area contributed by atoms with Gasteiger partial charge in [0.05, 0.1) is 6.61 Å². The van der Waals surface area contributed by atoms with Crippen LogP contribution in [0.25, 0.3) is 0 Å². The third kappa shape index (κ3) is 5.51. The molecule has 1 N–H and O–H groups in total. The van der Waals surface area contributed by atoms with Gasteiger partial charge in [0.1, 0.15) is 23.0 Å². The number of ether oxygens (including phenoxy) is 3. The summed E-state index contributed by atoms with van der Waals surface area (Å²) >= 11 is 0. The Morgan fingerprint density at radius 3 is 2.04 bits per heavy atom. The second kappa shape index (κ2) is 9.46. The predicted octanol–water partition coefficient (Wildman–Crippen LogP) is 5.28. The van der Waals surface area contributed by atoms with Gasteiger partial charge in [-0.05, 0) is 74.5 Å². The van der Waals surface area contributed by atoms with Gasteiger partial charge in [-0.2, -0.15) is 0 Å². The first-order valence-electron chi connectivity index (χ1n) is 9.17. The summed E-state index contributed by atoms with van der Waals surface area (Å²) in [7, 11) is 0. The van der Waals surface area contributed by atoms with Crippen LogP contribution in [-0.4, -0.2) is 18.6 Å². The number of nitrogens with one attached hydrogen (secondary N) is 1. The van der Waals surface area contributed by atoms with E-state index in [4.69, 9.17) is 14.2 Å². The number of carbonyl (C=O) groups is 1. The molecule has 28 heavy (non-hydrogen) atoms. The third-order valence-electron chi connectivity index (χ3n) is 3.92. The Labute approximate surface area is 164 Å². The fraction of sp³-hybridized carbons (Fsp3) is 0.174. The third-order valence-corrected chi connectivity index (χ3v) is 3.92. The molecule has 0 bridgehead atoms. The highest BCUT2D eigenvalue weighted by Crippen LogP contribution is 2.24. The van der Waals surface area contributed by atoms with E-state index in [2.05, 4.69) is 5.32 Å². The van der Waals surface area contributed by atoms with E-state index in [0.717, 1.165) is 11.5 Å². The fourth-order valence-corrected chi connectivity index (χ4v) is 2.51. The Kier molecular flexibility index (Phi) is 6.52. The molecule has 3 aromatic carbocycles. The molecule has 0 aromatic heterocycles. The first-order valence-corrected chi connectivity index (χ1v) is 9.17. The molecule has 0 fully saturated rings. The number of benzene rings is 3. The van der Waals surface area contributed by atoms with Crippen molar-refractivity contribution in [1.82, 2.24) is 0 Å². The topological polar surface area (TPSA) is 56.8 Å². The molecule has 0 radical (unpaired) electrons. The van der Waals surface area contributed by atoms with Crippen molar-refractivity contribution >= 4 is 11.6 Å². The highest BCUT2D eigenvalue weighted by Gasteiger charge is 2.15. The van der Waals surface area contributed by atoms with Gasteiger partial charge in [0, 0.05) is 5.69 Å². The number of hydrogen-bond donors (Lipinski definition) is 1. The molecular formula is C23H23NO4. The molecule has 0 aliphatic rings. The van der Waals surface area contributed by atoms with E-state index in [-0.39, 0.29) is 5.91 Å². The maximum Gasteiger partial charge on any atom is 0.265 e. The van der Waals surface area contributed by atoms with Gasteiger partial charge in [-0.25, -0.2) is 0 Å². The van der Waals surface area contributed by atoms with Crippen LogP contribution >= 0.6 is 0 Å². The number of hydrogen-bond acceptors (Lipinski definition) is 4. The maximum absolute atomic E-state index is 12.3. The molecule has 0 aliphatic heterocycles. The zero-order chi connectivity index (χ0) is 19.8. The molecule has 0 spiro atoms. The standard InChI is InChI=1S/C23H23NO4/c1-3-26-19-11-9-18(10-12-19)24-23(25)17(2)27-21-13-15-22(16-14-21)28-20-7-5-4-6-8-20/h4-17H,3H2,1-2H3,(H,24,25). The van der Waals surface area contributed by atoms with Crippen LogP contribution in [0.15, 0.2) is 78.9 Å². The van der Waals surface area contributed by atoms with Crippen LogP contribution in [0, 0.1) is 0 Å². The van der Waals surface area contributed by atoms with E-state index in [1.807, 2.05) is 49.4 Å². The summed E-state index contributed by atoms with van der Waals surface area (Å²) in [6.07, 6.45) is -0.646. The van der Waals surface area contributed by atoms with Crippen molar-refractivity contribution in [3.8, 4) is 23.0 Å². The number of anilines is 1. The van der Waals surface area contributed by atoms with Crippen LogP contribution < -0.4 is 19.5 Å². The molecule has 0 aliphatic carbocycles. The Hall–Kier alpha value is -3.47. The lowest BCUT2D eigenvalue weighted by Gasteiger charge is -2.15. The monoisotopic (exact) mass is 377 g/mol. The van der Waals surface area contributed by atoms with E-state index in [0.29, 0.717) is 23.8 Å². The zero-order valence-corrected chi connectivity index (χ0v) is 15.9. The second-order valence-corrected chi connectivity index (χ2v) is 6.09. The first-order chi connectivity index (χ1) is 13.6. The lowest BCUT2D eigenvalue weighted by Crippen LogP contribution is -2.30. The molecule has 3 rings (SSSR count). The number of rotatable bonds is 8. The van der Waals surface area contributed by atoms with E-state index >= 15 is 0 Å². The first kappa shape index (κ1) is 19.3. The van der Waals surface area contributed by atoms with Gasteiger partial charge >= 0.3 is 0 Å². The summed E-state index contributed by atoms with van der Waals surface area (Å²) in [6, 6.07) is 23.9. The van der Waals surface area contributed by atoms with Gasteiger partial charge in [-0.1, -0.05) is 18.2 Å². The summed E-state index contributed by atoms with van der Waals surface area (Å²) in [6.45, 7) is 4.24. The van der Waals surface area contributed by atoms with Crippen molar-refractivity contribution in [3.63, 3.8) is 0 Å². The summed E-state index contributed by atoms with van der Waals surface area (Å²) in [5.41, 5.74) is 0.690. The van der Waals surface area contributed by atoms with Crippen LogP contribution in [0.2, 0.25) is 0 Å². The highest BCUT2D eigenvalue weighted by molar-refractivity contribution is 5.94. The van der Waals surface area contributed by atoms with E-state index in [1.165, 1.54) is 0 Å². The van der Waals surface area contributed by atoms with Crippen LogP contribution in [0.4, 0.5) is 5.69 Å². The molecular weight excluding hydrogens is 354 g/mol. The Bertz CT molecular complexity index is 877. The van der Waals surface area contributed by atoms with Crippen molar-refractivity contribution in [2.24, 2.45) is 0 Å². The summed E-state index contributed by atoms with van der Waals surface area (Å²) in [5, 5.41) is 2.83. The van der Waals surface area contributed by atoms with Crippen LogP contribution in [0.1, 0.15) is 13.8 Å². The molecule has 5 nitrogen and oxygen atoms in total. The molecule has 144 valence electrons. The quantitative estimate of drug-likeness (QED) is 0.580. The van der Waals surface area contributed by atoms with Crippen LogP contribution in [-0.2, 0) is 4.79 Å². The van der Waals surface area contributed by atoms with Gasteiger partial charge in [-0.15, -0.1) is 0 Å². The summed E-state index contributed by atoms with van der Waals surface area (Å²) < 4.78 is 16.9. The number of carbonyl (C=O) groups excluding carboxylic acids is 1. The average molecular weight is 377 g/mol. The minimum absolute atomic E-state index is 0.228. The number of para-hydroxylation sites is 1. The average Bonchev–Trinajstić information content (AvgIpc) is 2.72. The van der Waals surface area contributed by atoms with Gasteiger partial charge < -0.3 is 19.5 Å². The Balaban J connectivity index is 1.53. The summed E-state index contributed by atoms with van der Waals surface area (Å²) in [4.78, 5) is 12.3. The molecule has 0 saturated carbocycles. The molecule has 5 heteroatoms. The van der Waals surface area contributed by atoms with Crippen LogP contribution in [0.3, 0.4) is 0 Å². The smallest absolute Gasteiger partial charge is 0.265 e. The zero-order valence-electron chi connectivity index (χ0n) is 15.9. The largest absolute Gasteiger partial charge is 0.494 e. The van der Waals surface area contributed by atoms with Crippen molar-refractivity contribution in [2.45, 2.75) is 20.0 Å². The lowest BCUT2D eigenvalue weighted by molar-refractivity contribution is -0.122. The van der Waals surface area contributed by atoms with E-state index < -0.39 is 6.10 Å². The highest BCUT2D eigenvalue weighted by atomic mass is 16.5. The molecule has 1 atom stereocenters. The molecule has 1 unspecified atom stereocenters. The number of amides is 1. The van der Waals surface area contributed by atoms with Crippen molar-refractivity contribution in [2.75, 3.05) is 11.9 Å². The normalized spacial score (nSPS) is 11.4. The lowest BCUT2D eigenvalue weighted by atomic mass is 10.2. The SMILES string of the molecule is CCOc1ccc(NC(=O)C(C)Oc2ccc(Oc3ccccc3)cc2)cc1. The minimum Gasteiger partial charge on any atom is -0.494 e. The fourth-order valence-electron chi connectivity index (χ4n) is 2.51. The van der Waals surface area contributed by atoms with Crippen molar-refractivity contribution < 1.29 is 19.0 Å². The van der Waals surface area contributed by atoms with Gasteiger partial charge in [0.2, 0.25) is 0 Å². The maximum atomic E-state index is 12.3. The Morgan fingerprint density at radius 1 is 0.821 bits per heavy atom. The molecule has 1 amide bonds. The van der Waals surface area contributed by atoms with Crippen molar-refractivity contribution in [1.29, 1.82) is 0 Å². The molecule has 0 saturated heterocycles. The van der Waals surface area contributed by atoms with Gasteiger partial charge in [-0.3, -0.25) is 4.79 Å². The minimum atomic E-state index is -0.646. The molecule has 0 heterocycles. The molecule has 3 aromatic rings. The summed E-state index contributed by atoms with van der Waals surface area (Å²) in [5.74, 6) is 2.59. The van der Waals surface area contributed by atoms with Gasteiger partial charge in [0.25, 0.3) is 5.91 Å². The van der Waals surface area contributed by atoms with E-state index in [1.54, 1.807) is 43.3 Å². The second-order valence-electron chi connectivity index (χ2n) is 6.09. The van der Waals surface area contributed by atoms with Crippen LogP contribution in [0.5, 0.6) is 23.0 Å². The van der Waals surface area contributed by atoms with E-state index in [9.17, 15) is 4.79 Å². The van der Waals surface area contributed by atoms with Crippen molar-refractivity contribution in [3.05, 3.63) is 78.9 Å².